The number of ketones is 1. The van der Waals surface area contributed by atoms with Crippen LogP contribution in [0.1, 0.15) is 12.0 Å². The third-order valence-corrected chi connectivity index (χ3v) is 6.99. The number of carbonyl (C=O) groups excluding carboxylic acids is 1. The van der Waals surface area contributed by atoms with Crippen LogP contribution in [0.25, 0.3) is 6.08 Å². The van der Waals surface area contributed by atoms with Gasteiger partial charge in [0.2, 0.25) is 0 Å². The van der Waals surface area contributed by atoms with E-state index in [-0.39, 0.29) is 28.4 Å². The zero-order valence-electron chi connectivity index (χ0n) is 10.8. The van der Waals surface area contributed by atoms with Crippen molar-refractivity contribution in [2.45, 2.75) is 11.7 Å². The van der Waals surface area contributed by atoms with Gasteiger partial charge in [0.15, 0.2) is 15.6 Å². The lowest BCUT2D eigenvalue weighted by atomic mass is 9.89. The summed E-state index contributed by atoms with van der Waals surface area (Å²) in [5.74, 6) is -0.379. The minimum absolute atomic E-state index is 0.0112. The first kappa shape index (κ1) is 12.1. The topological polar surface area (TPSA) is 51.2 Å². The minimum atomic E-state index is -3.48. The van der Waals surface area contributed by atoms with Gasteiger partial charge in [0.25, 0.3) is 0 Å². The lowest BCUT2D eigenvalue weighted by Gasteiger charge is -2.16. The van der Waals surface area contributed by atoms with Gasteiger partial charge in [-0.25, -0.2) is 8.42 Å². The summed E-state index contributed by atoms with van der Waals surface area (Å²) >= 11 is 0. The van der Waals surface area contributed by atoms with Gasteiger partial charge in [-0.2, -0.15) is 0 Å². The molecule has 0 spiro atoms. The molecule has 4 atom stereocenters. The first-order chi connectivity index (χ1) is 9.59. The Morgan fingerprint density at radius 2 is 1.75 bits per heavy atom. The number of Topliss-reactive ketones (excluding diaryl/α,β-unsaturated/α-hetero) is 1. The summed E-state index contributed by atoms with van der Waals surface area (Å²) in [5.41, 5.74) is 0.764. The number of rotatable bonds is 1. The molecule has 1 aliphatic heterocycles. The van der Waals surface area contributed by atoms with Crippen molar-refractivity contribution in [3.63, 3.8) is 0 Å². The second-order valence-electron chi connectivity index (χ2n) is 5.77. The van der Waals surface area contributed by atoms with Crippen molar-refractivity contribution < 1.29 is 13.2 Å². The molecule has 4 heteroatoms. The van der Waals surface area contributed by atoms with Crippen LogP contribution >= 0.6 is 0 Å². The highest BCUT2D eigenvalue weighted by atomic mass is 32.2. The number of allylic oxidation sites excluding steroid dienone is 3. The molecule has 0 amide bonds. The van der Waals surface area contributed by atoms with Crippen molar-refractivity contribution in [3.05, 3.63) is 53.0 Å². The lowest BCUT2D eigenvalue weighted by molar-refractivity contribution is -0.118. The third-order valence-electron chi connectivity index (χ3n) is 4.69. The van der Waals surface area contributed by atoms with Crippen LogP contribution in [-0.4, -0.2) is 19.5 Å². The van der Waals surface area contributed by atoms with Crippen LogP contribution in [0.5, 0.6) is 0 Å². The fraction of sp³-hybridized carbons (Fsp3) is 0.312. The van der Waals surface area contributed by atoms with Crippen molar-refractivity contribution in [2.24, 2.45) is 17.8 Å². The molecule has 3 nitrogen and oxygen atoms in total. The first-order valence-electron chi connectivity index (χ1n) is 6.82. The molecular formula is C16H14O3S. The monoisotopic (exact) mass is 286 g/mol. The molecule has 0 N–H and O–H groups in total. The molecule has 1 aromatic rings. The summed E-state index contributed by atoms with van der Waals surface area (Å²) in [4.78, 5) is 12.5. The van der Waals surface area contributed by atoms with Gasteiger partial charge in [0.1, 0.15) is 4.91 Å². The summed E-state index contributed by atoms with van der Waals surface area (Å²) in [6, 6.07) is 9.18. The lowest BCUT2D eigenvalue weighted by Crippen LogP contribution is -2.27. The summed E-state index contributed by atoms with van der Waals surface area (Å²) in [6.45, 7) is 0. The van der Waals surface area contributed by atoms with Crippen LogP contribution in [0, 0.1) is 17.8 Å². The molecule has 20 heavy (non-hydrogen) atoms. The SMILES string of the molecule is O=C1/C(=C/c2ccccc2)S(=O)(=O)[C@H]2[C@@H]1[C@H]1C=C[C@@H]2C1. The van der Waals surface area contributed by atoms with Crippen molar-refractivity contribution in [1.82, 2.24) is 0 Å². The fourth-order valence-corrected chi connectivity index (χ4v) is 6.23. The van der Waals surface area contributed by atoms with Crippen LogP contribution in [0.2, 0.25) is 0 Å². The highest BCUT2D eigenvalue weighted by Gasteiger charge is 2.61. The van der Waals surface area contributed by atoms with Gasteiger partial charge in [-0.15, -0.1) is 0 Å². The molecule has 1 aromatic carbocycles. The van der Waals surface area contributed by atoms with Crippen LogP contribution in [0.4, 0.5) is 0 Å². The van der Waals surface area contributed by atoms with Crippen molar-refractivity contribution in [1.29, 1.82) is 0 Å². The molecule has 102 valence electrons. The number of sulfone groups is 1. The molecule has 2 bridgehead atoms. The molecule has 2 fully saturated rings. The maximum Gasteiger partial charge on any atom is 0.186 e. The molecule has 3 aliphatic rings. The average Bonchev–Trinajstić information content (AvgIpc) is 3.09. The summed E-state index contributed by atoms with van der Waals surface area (Å²) in [7, 11) is -3.48. The van der Waals surface area contributed by atoms with Crippen molar-refractivity contribution in [2.75, 3.05) is 0 Å². The Balaban J connectivity index is 1.84. The molecule has 0 aromatic heterocycles. The van der Waals surface area contributed by atoms with Gasteiger partial charge in [-0.1, -0.05) is 42.5 Å². The van der Waals surface area contributed by atoms with Crippen LogP contribution < -0.4 is 0 Å². The highest BCUT2D eigenvalue weighted by Crippen LogP contribution is 2.54. The molecule has 0 radical (unpaired) electrons. The largest absolute Gasteiger partial charge is 0.293 e. The van der Waals surface area contributed by atoms with Gasteiger partial charge < -0.3 is 0 Å². The van der Waals surface area contributed by atoms with E-state index in [0.717, 1.165) is 12.0 Å². The number of fused-ring (bicyclic) bond motifs is 5. The van der Waals surface area contributed by atoms with Gasteiger partial charge in [0.05, 0.1) is 5.25 Å². The van der Waals surface area contributed by atoms with Crippen LogP contribution in [0.15, 0.2) is 47.4 Å². The molecule has 1 heterocycles. The van der Waals surface area contributed by atoms with E-state index in [2.05, 4.69) is 0 Å². The Hall–Kier alpha value is -1.68. The summed E-state index contributed by atoms with van der Waals surface area (Å²) in [6.07, 6.45) is 6.35. The van der Waals surface area contributed by atoms with Crippen molar-refractivity contribution in [3.8, 4) is 0 Å². The zero-order valence-corrected chi connectivity index (χ0v) is 11.6. The summed E-state index contributed by atoms with van der Waals surface area (Å²) in [5, 5.41) is -0.514. The Bertz CT molecular complexity index is 743. The normalized spacial score (nSPS) is 38.6. The van der Waals surface area contributed by atoms with E-state index in [9.17, 15) is 13.2 Å². The first-order valence-corrected chi connectivity index (χ1v) is 8.37. The standard InChI is InChI=1S/C16H14O3S/c17-15-13(8-10-4-2-1-3-5-10)20(18,19)16-12-7-6-11(9-12)14(15)16/h1-8,11-12,14,16H,9H2/b13-8-/t11-,12+,14+,16+/m0/s1. The number of hydrogen-bond donors (Lipinski definition) is 0. The van der Waals surface area contributed by atoms with Gasteiger partial charge in [0, 0.05) is 5.92 Å². The van der Waals surface area contributed by atoms with Crippen LogP contribution in [0.3, 0.4) is 0 Å². The highest BCUT2D eigenvalue weighted by molar-refractivity contribution is 7.97. The zero-order chi connectivity index (χ0) is 13.9. The molecule has 2 aliphatic carbocycles. The fourth-order valence-electron chi connectivity index (χ4n) is 3.85. The Labute approximate surface area is 117 Å². The third kappa shape index (κ3) is 1.45. The van der Waals surface area contributed by atoms with E-state index in [1.54, 1.807) is 0 Å². The smallest absolute Gasteiger partial charge is 0.186 e. The maximum absolute atomic E-state index is 12.7. The Morgan fingerprint density at radius 3 is 2.45 bits per heavy atom. The number of carbonyl (C=O) groups is 1. The average molecular weight is 286 g/mol. The minimum Gasteiger partial charge on any atom is -0.293 e. The van der Waals surface area contributed by atoms with E-state index in [4.69, 9.17) is 0 Å². The van der Waals surface area contributed by atoms with Gasteiger partial charge in [-0.3, -0.25) is 4.79 Å². The number of benzene rings is 1. The maximum atomic E-state index is 12.7. The quantitative estimate of drug-likeness (QED) is 0.587. The summed E-state index contributed by atoms with van der Waals surface area (Å²) < 4.78 is 25.3. The predicted octanol–water partition coefficient (Wildman–Crippen LogP) is 2.22. The molecule has 1 saturated heterocycles. The number of hydrogen-bond acceptors (Lipinski definition) is 3. The second-order valence-corrected chi connectivity index (χ2v) is 7.84. The van der Waals surface area contributed by atoms with E-state index >= 15 is 0 Å². The Morgan fingerprint density at radius 1 is 1.05 bits per heavy atom. The van der Waals surface area contributed by atoms with Crippen molar-refractivity contribution >= 4 is 21.7 Å². The van der Waals surface area contributed by atoms with E-state index in [1.807, 2.05) is 42.5 Å². The predicted molar refractivity (Wildman–Crippen MR) is 76.4 cm³/mol. The van der Waals surface area contributed by atoms with E-state index in [1.165, 1.54) is 6.08 Å². The van der Waals surface area contributed by atoms with Crippen LogP contribution in [-0.2, 0) is 14.6 Å². The molecule has 1 saturated carbocycles. The second kappa shape index (κ2) is 3.92. The van der Waals surface area contributed by atoms with E-state index < -0.39 is 15.1 Å². The Kier molecular flexibility index (Phi) is 2.37. The van der Waals surface area contributed by atoms with E-state index in [0.29, 0.717) is 0 Å². The molecular weight excluding hydrogens is 272 g/mol. The molecule has 4 rings (SSSR count). The van der Waals surface area contributed by atoms with Gasteiger partial charge in [-0.05, 0) is 29.9 Å². The van der Waals surface area contributed by atoms with Gasteiger partial charge >= 0.3 is 0 Å². The molecule has 0 unspecified atom stereocenters.